The number of hydrogen-bond acceptors (Lipinski definition) is 0. The number of halogens is 2. The van der Waals surface area contributed by atoms with Crippen LogP contribution < -0.4 is 24.8 Å². The summed E-state index contributed by atoms with van der Waals surface area (Å²) in [6, 6.07) is 0. The largest absolute Gasteiger partial charge is 1.00 e. The van der Waals surface area contributed by atoms with Gasteiger partial charge in [0.25, 0.3) is 0 Å². The third kappa shape index (κ3) is 21.8. The van der Waals surface area contributed by atoms with Crippen molar-refractivity contribution >= 4 is 0 Å². The zero-order chi connectivity index (χ0) is 12.7. The molecule has 0 aromatic carbocycles. The normalized spacial score (nSPS) is 11.7. The van der Waals surface area contributed by atoms with E-state index in [0.29, 0.717) is 0 Å². The Hall–Kier alpha value is 0.500. The second kappa shape index (κ2) is 11.3. The molecule has 0 saturated heterocycles. The highest BCUT2D eigenvalue weighted by Gasteiger charge is 2.06. The van der Waals surface area contributed by atoms with E-state index in [1.807, 2.05) is 0 Å². The van der Waals surface area contributed by atoms with Gasteiger partial charge in [0.1, 0.15) is 0 Å². The van der Waals surface area contributed by atoms with E-state index in [-0.39, 0.29) is 24.8 Å². The van der Waals surface area contributed by atoms with Gasteiger partial charge in [-0.3, -0.25) is 0 Å². The Morgan fingerprint density at radius 3 is 0.889 bits per heavy atom. The first kappa shape index (κ1) is 23.6. The van der Waals surface area contributed by atoms with Gasteiger partial charge in [0.2, 0.25) is 0 Å². The number of unbranched alkanes of at least 4 members (excludes halogenated alkanes) is 5. The van der Waals surface area contributed by atoms with Gasteiger partial charge in [-0.1, -0.05) is 12.8 Å². The quantitative estimate of drug-likeness (QED) is 0.310. The molecule has 0 N–H and O–H groups in total. The van der Waals surface area contributed by atoms with Crippen LogP contribution in [0.2, 0.25) is 0 Å². The molecule has 2 nitrogen and oxygen atoms in total. The van der Waals surface area contributed by atoms with Gasteiger partial charge >= 0.3 is 0 Å². The lowest BCUT2D eigenvalue weighted by Gasteiger charge is -2.24. The van der Waals surface area contributed by atoms with Crippen LogP contribution in [0.15, 0.2) is 0 Å². The van der Waals surface area contributed by atoms with Crippen LogP contribution in [-0.2, 0) is 0 Å². The van der Waals surface area contributed by atoms with E-state index in [9.17, 15) is 0 Å². The van der Waals surface area contributed by atoms with Crippen LogP contribution in [0.4, 0.5) is 0 Å². The lowest BCUT2D eigenvalue weighted by Crippen LogP contribution is -3.00. The second-order valence-corrected chi connectivity index (χ2v) is 7.15. The predicted molar refractivity (Wildman–Crippen MR) is 73.5 cm³/mol. The van der Waals surface area contributed by atoms with Gasteiger partial charge in [-0.15, -0.1) is 0 Å². The zero-order valence-electron chi connectivity index (χ0n) is 13.3. The maximum atomic E-state index is 2.28. The smallest absolute Gasteiger partial charge is 0.0780 e. The zero-order valence-corrected chi connectivity index (χ0v) is 14.8. The molecule has 18 heavy (non-hydrogen) atoms. The van der Waals surface area contributed by atoms with Crippen molar-refractivity contribution in [2.45, 2.75) is 38.5 Å². The number of rotatable bonds is 9. The molecular formula is C14H34Cl2N2. The lowest BCUT2D eigenvalue weighted by atomic mass is 10.1. The molecule has 0 heterocycles. The van der Waals surface area contributed by atoms with Gasteiger partial charge in [0.15, 0.2) is 0 Å². The average Bonchev–Trinajstić information content (AvgIpc) is 2.06. The van der Waals surface area contributed by atoms with Crippen molar-refractivity contribution in [2.75, 3.05) is 55.4 Å². The Balaban J connectivity index is -0.00000112. The van der Waals surface area contributed by atoms with Crippen LogP contribution in [0.3, 0.4) is 0 Å². The highest BCUT2D eigenvalue weighted by molar-refractivity contribution is 4.45. The molecule has 0 amide bonds. The summed E-state index contributed by atoms with van der Waals surface area (Å²) < 4.78 is 2.23. The van der Waals surface area contributed by atoms with Crippen LogP contribution in [0, 0.1) is 0 Å². The summed E-state index contributed by atoms with van der Waals surface area (Å²) in [5, 5.41) is 0. The van der Waals surface area contributed by atoms with E-state index in [0.717, 1.165) is 8.97 Å². The summed E-state index contributed by atoms with van der Waals surface area (Å²) >= 11 is 0. The molecule has 0 spiro atoms. The first-order valence-electron chi connectivity index (χ1n) is 6.82. The Labute approximate surface area is 128 Å². The first-order chi connectivity index (χ1) is 7.21. The summed E-state index contributed by atoms with van der Waals surface area (Å²) in [5.74, 6) is 0. The van der Waals surface area contributed by atoms with Crippen LogP contribution in [0.1, 0.15) is 38.5 Å². The fourth-order valence-electron chi connectivity index (χ4n) is 1.88. The van der Waals surface area contributed by atoms with E-state index >= 15 is 0 Å². The van der Waals surface area contributed by atoms with Crippen molar-refractivity contribution < 1.29 is 33.8 Å². The van der Waals surface area contributed by atoms with Gasteiger partial charge in [-0.05, 0) is 25.7 Å². The maximum absolute atomic E-state index is 2.28. The fraction of sp³-hybridized carbons (Fsp3) is 1.00. The monoisotopic (exact) mass is 300 g/mol. The van der Waals surface area contributed by atoms with Crippen LogP contribution in [0.5, 0.6) is 0 Å². The van der Waals surface area contributed by atoms with Gasteiger partial charge in [0, 0.05) is 0 Å². The van der Waals surface area contributed by atoms with E-state index in [4.69, 9.17) is 0 Å². The lowest BCUT2D eigenvalue weighted by molar-refractivity contribution is -0.870. The summed E-state index contributed by atoms with van der Waals surface area (Å²) in [4.78, 5) is 0. The van der Waals surface area contributed by atoms with Crippen molar-refractivity contribution in [3.8, 4) is 0 Å². The molecule has 0 aliphatic rings. The second-order valence-electron chi connectivity index (χ2n) is 7.15. The van der Waals surface area contributed by atoms with Gasteiger partial charge in [0.05, 0.1) is 55.4 Å². The van der Waals surface area contributed by atoms with Crippen LogP contribution in [0.25, 0.3) is 0 Å². The molecule has 0 bridgehead atoms. The topological polar surface area (TPSA) is 0 Å². The third-order valence-corrected chi connectivity index (χ3v) is 2.91. The van der Waals surface area contributed by atoms with Crippen molar-refractivity contribution in [3.05, 3.63) is 0 Å². The van der Waals surface area contributed by atoms with E-state index in [1.165, 1.54) is 51.6 Å². The molecule has 0 aliphatic carbocycles. The predicted octanol–water partition coefficient (Wildman–Crippen LogP) is -3.25. The molecule has 0 rings (SSSR count). The molecule has 0 radical (unpaired) electrons. The number of quaternary nitrogens is 2. The SMILES string of the molecule is C[N+](C)(C)CCCCCCCC[N+](C)(C)C.[Cl-].[Cl-]. The summed E-state index contributed by atoms with van der Waals surface area (Å²) in [5.41, 5.74) is 0. The molecule has 4 heteroatoms. The summed E-state index contributed by atoms with van der Waals surface area (Å²) in [7, 11) is 13.7. The number of nitrogens with zero attached hydrogens (tertiary/aromatic N) is 2. The first-order valence-corrected chi connectivity index (χ1v) is 6.82. The Kier molecular flexibility index (Phi) is 14.9. The number of hydrogen-bond donors (Lipinski definition) is 0. The average molecular weight is 301 g/mol. The van der Waals surface area contributed by atoms with Crippen molar-refractivity contribution in [3.63, 3.8) is 0 Å². The highest BCUT2D eigenvalue weighted by Crippen LogP contribution is 2.08. The minimum Gasteiger partial charge on any atom is -1.00 e. The van der Waals surface area contributed by atoms with Crippen molar-refractivity contribution in [1.82, 2.24) is 0 Å². The fourth-order valence-corrected chi connectivity index (χ4v) is 1.88. The molecule has 0 aliphatic heterocycles. The standard InChI is InChI=1S/C14H34N2.2ClH/c1-15(2,3)13-11-9-7-8-10-12-14-16(4,5)6;;/h7-14H2,1-6H3;2*1H/q+2;;/p-2. The molecule has 0 aromatic rings. The summed E-state index contributed by atoms with van der Waals surface area (Å²) in [6.07, 6.45) is 8.46. The van der Waals surface area contributed by atoms with Crippen LogP contribution in [-0.4, -0.2) is 64.3 Å². The molecule has 0 atom stereocenters. The van der Waals surface area contributed by atoms with Gasteiger partial charge in [-0.2, -0.15) is 0 Å². The highest BCUT2D eigenvalue weighted by atomic mass is 35.5. The molecular weight excluding hydrogens is 267 g/mol. The molecule has 0 unspecified atom stereocenters. The van der Waals surface area contributed by atoms with E-state index in [1.54, 1.807) is 0 Å². The maximum Gasteiger partial charge on any atom is 0.0780 e. The minimum absolute atomic E-state index is 0. The Bertz CT molecular complexity index is 152. The molecule has 0 aromatic heterocycles. The van der Waals surface area contributed by atoms with Gasteiger partial charge < -0.3 is 33.8 Å². The Morgan fingerprint density at radius 2 is 0.667 bits per heavy atom. The minimum atomic E-state index is 0. The Morgan fingerprint density at radius 1 is 0.444 bits per heavy atom. The summed E-state index contributed by atoms with van der Waals surface area (Å²) in [6.45, 7) is 2.64. The third-order valence-electron chi connectivity index (χ3n) is 2.91. The van der Waals surface area contributed by atoms with Gasteiger partial charge in [-0.25, -0.2) is 0 Å². The molecule has 114 valence electrons. The van der Waals surface area contributed by atoms with E-state index < -0.39 is 0 Å². The van der Waals surface area contributed by atoms with Crippen molar-refractivity contribution in [1.29, 1.82) is 0 Å². The molecule has 0 fully saturated rings. The van der Waals surface area contributed by atoms with Crippen molar-refractivity contribution in [2.24, 2.45) is 0 Å². The van der Waals surface area contributed by atoms with Crippen LogP contribution >= 0.6 is 0 Å². The molecule has 0 saturated carbocycles. The van der Waals surface area contributed by atoms with E-state index in [2.05, 4.69) is 42.3 Å².